The normalized spacial score (nSPS) is 18.5. The lowest BCUT2D eigenvalue weighted by atomic mass is 9.94. The molecule has 1 N–H and O–H groups in total. The van der Waals surface area contributed by atoms with Crippen LogP contribution in [0.25, 0.3) is 0 Å². The molecule has 1 aliphatic carbocycles. The van der Waals surface area contributed by atoms with Crippen LogP contribution < -0.4 is 5.32 Å². The summed E-state index contributed by atoms with van der Waals surface area (Å²) in [5.41, 5.74) is 4.55. The minimum absolute atomic E-state index is 0.299. The van der Waals surface area contributed by atoms with E-state index in [4.69, 9.17) is 0 Å². The third-order valence-corrected chi connectivity index (χ3v) is 3.38. The molecule has 1 aromatic rings. The van der Waals surface area contributed by atoms with Gasteiger partial charge in [0.1, 0.15) is 0 Å². The van der Waals surface area contributed by atoms with E-state index in [0.29, 0.717) is 12.2 Å². The van der Waals surface area contributed by atoms with Crippen molar-refractivity contribution in [1.29, 1.82) is 0 Å². The molecule has 90 valence electrons. The highest BCUT2D eigenvalue weighted by Crippen LogP contribution is 2.20. The summed E-state index contributed by atoms with van der Waals surface area (Å²) in [4.78, 5) is 11.6. The van der Waals surface area contributed by atoms with Gasteiger partial charge in [-0.2, -0.15) is 0 Å². The molecule has 0 radical (unpaired) electrons. The van der Waals surface area contributed by atoms with Crippen molar-refractivity contribution in [2.24, 2.45) is 0 Å². The maximum atomic E-state index is 11.6. The number of hydrogen-bond donors (Lipinski definition) is 1. The zero-order valence-electron chi connectivity index (χ0n) is 10.5. The molecule has 0 aliphatic heterocycles. The van der Waals surface area contributed by atoms with Crippen molar-refractivity contribution in [3.05, 3.63) is 41.1 Å². The number of benzene rings is 1. The quantitative estimate of drug-likeness (QED) is 0.783. The molecular weight excluding hydrogens is 210 g/mol. The summed E-state index contributed by atoms with van der Waals surface area (Å²) < 4.78 is 0. The monoisotopic (exact) mass is 229 g/mol. The zero-order valence-corrected chi connectivity index (χ0v) is 10.5. The van der Waals surface area contributed by atoms with Crippen LogP contribution in [0.15, 0.2) is 30.0 Å². The molecule has 17 heavy (non-hydrogen) atoms. The fourth-order valence-corrected chi connectivity index (χ4v) is 2.06. The van der Waals surface area contributed by atoms with Crippen LogP contribution in [0.2, 0.25) is 0 Å². The molecule has 2 rings (SSSR count). The maximum Gasteiger partial charge on any atom is 0.160 e. The van der Waals surface area contributed by atoms with E-state index in [2.05, 4.69) is 31.3 Å². The highest BCUT2D eigenvalue weighted by Gasteiger charge is 2.14. The summed E-state index contributed by atoms with van der Waals surface area (Å²) in [5.74, 6) is 0.299. The van der Waals surface area contributed by atoms with Crippen LogP contribution in [-0.4, -0.2) is 5.78 Å². The summed E-state index contributed by atoms with van der Waals surface area (Å²) in [6.45, 7) is 4.20. The predicted molar refractivity (Wildman–Crippen MR) is 71.1 cm³/mol. The summed E-state index contributed by atoms with van der Waals surface area (Å²) in [6.07, 6.45) is 5.68. The van der Waals surface area contributed by atoms with Crippen molar-refractivity contribution in [2.45, 2.75) is 39.5 Å². The minimum Gasteiger partial charge on any atom is -0.361 e. The van der Waals surface area contributed by atoms with Gasteiger partial charge in [0.05, 0.1) is 0 Å². The van der Waals surface area contributed by atoms with Crippen LogP contribution in [0.1, 0.15) is 36.8 Å². The van der Waals surface area contributed by atoms with E-state index < -0.39 is 0 Å². The Balaban J connectivity index is 2.08. The number of carbonyl (C=O) groups is 1. The van der Waals surface area contributed by atoms with Crippen molar-refractivity contribution < 1.29 is 4.79 Å². The van der Waals surface area contributed by atoms with Crippen LogP contribution in [0.5, 0.6) is 0 Å². The molecule has 0 spiro atoms. The molecular formula is C15H19NO. The van der Waals surface area contributed by atoms with Gasteiger partial charge in [-0.05, 0) is 56.4 Å². The first kappa shape index (κ1) is 11.9. The molecule has 0 saturated heterocycles. The first-order valence-electron chi connectivity index (χ1n) is 6.23. The van der Waals surface area contributed by atoms with E-state index in [9.17, 15) is 4.79 Å². The summed E-state index contributed by atoms with van der Waals surface area (Å²) in [5, 5.41) is 3.23. The molecule has 1 fully saturated rings. The Morgan fingerprint density at radius 1 is 1.12 bits per heavy atom. The van der Waals surface area contributed by atoms with E-state index >= 15 is 0 Å². The van der Waals surface area contributed by atoms with Gasteiger partial charge in [0, 0.05) is 23.9 Å². The standard InChI is InChI=1S/C15H19NO/c1-11-7-8-14(9-12(11)2)16-10-13-5-3-4-6-15(13)17/h7-10,16H,3-6H2,1-2H3. The van der Waals surface area contributed by atoms with Gasteiger partial charge < -0.3 is 5.32 Å². The van der Waals surface area contributed by atoms with Gasteiger partial charge in [-0.25, -0.2) is 0 Å². The van der Waals surface area contributed by atoms with Gasteiger partial charge >= 0.3 is 0 Å². The van der Waals surface area contributed by atoms with E-state index in [-0.39, 0.29) is 0 Å². The molecule has 0 heterocycles. The Morgan fingerprint density at radius 2 is 1.88 bits per heavy atom. The Hall–Kier alpha value is -1.57. The maximum absolute atomic E-state index is 11.6. The van der Waals surface area contributed by atoms with Crippen molar-refractivity contribution >= 4 is 11.5 Å². The fourth-order valence-electron chi connectivity index (χ4n) is 2.06. The van der Waals surface area contributed by atoms with Gasteiger partial charge in [0.25, 0.3) is 0 Å². The average Bonchev–Trinajstić information content (AvgIpc) is 2.32. The van der Waals surface area contributed by atoms with Crippen molar-refractivity contribution in [2.75, 3.05) is 5.32 Å². The van der Waals surface area contributed by atoms with Gasteiger partial charge in [0.2, 0.25) is 0 Å². The van der Waals surface area contributed by atoms with Crippen molar-refractivity contribution in [1.82, 2.24) is 0 Å². The van der Waals surface area contributed by atoms with Crippen LogP contribution in [0, 0.1) is 13.8 Å². The topological polar surface area (TPSA) is 29.1 Å². The van der Waals surface area contributed by atoms with Crippen LogP contribution in [0.4, 0.5) is 5.69 Å². The molecule has 2 heteroatoms. The zero-order chi connectivity index (χ0) is 12.3. The molecule has 1 aliphatic rings. The molecule has 0 bridgehead atoms. The number of nitrogens with one attached hydrogen (secondary N) is 1. The fraction of sp³-hybridized carbons (Fsp3) is 0.400. The molecule has 0 unspecified atom stereocenters. The number of Topliss-reactive ketones (excluding diaryl/α,β-unsaturated/α-hetero) is 1. The summed E-state index contributed by atoms with van der Waals surface area (Å²) in [7, 11) is 0. The summed E-state index contributed by atoms with van der Waals surface area (Å²) >= 11 is 0. The predicted octanol–water partition coefficient (Wildman–Crippen LogP) is 3.74. The van der Waals surface area contributed by atoms with Gasteiger partial charge in [-0.1, -0.05) is 6.07 Å². The number of hydrogen-bond acceptors (Lipinski definition) is 2. The number of ketones is 1. The van der Waals surface area contributed by atoms with Gasteiger partial charge in [-0.15, -0.1) is 0 Å². The second-order valence-electron chi connectivity index (χ2n) is 4.74. The van der Waals surface area contributed by atoms with E-state index in [1.807, 2.05) is 12.3 Å². The third-order valence-electron chi connectivity index (χ3n) is 3.38. The molecule has 1 aromatic carbocycles. The van der Waals surface area contributed by atoms with E-state index in [1.54, 1.807) is 0 Å². The average molecular weight is 229 g/mol. The van der Waals surface area contributed by atoms with Gasteiger partial charge in [0.15, 0.2) is 5.78 Å². The molecule has 0 aromatic heterocycles. The van der Waals surface area contributed by atoms with E-state index in [1.165, 1.54) is 11.1 Å². The minimum atomic E-state index is 0.299. The Morgan fingerprint density at radius 3 is 2.59 bits per heavy atom. The second-order valence-corrected chi connectivity index (χ2v) is 4.74. The number of rotatable bonds is 2. The molecule has 0 amide bonds. The van der Waals surface area contributed by atoms with E-state index in [0.717, 1.165) is 30.5 Å². The number of allylic oxidation sites excluding steroid dienone is 1. The SMILES string of the molecule is Cc1ccc(NC=C2CCCCC2=O)cc1C. The number of anilines is 1. The highest BCUT2D eigenvalue weighted by atomic mass is 16.1. The Bertz CT molecular complexity index is 460. The Kier molecular flexibility index (Phi) is 3.62. The third kappa shape index (κ3) is 2.96. The molecule has 2 nitrogen and oxygen atoms in total. The smallest absolute Gasteiger partial charge is 0.160 e. The van der Waals surface area contributed by atoms with Gasteiger partial charge in [-0.3, -0.25) is 4.79 Å². The second kappa shape index (κ2) is 5.17. The molecule has 1 saturated carbocycles. The highest BCUT2D eigenvalue weighted by molar-refractivity contribution is 5.96. The summed E-state index contributed by atoms with van der Waals surface area (Å²) in [6, 6.07) is 6.26. The number of carbonyl (C=O) groups excluding carboxylic acids is 1. The van der Waals surface area contributed by atoms with Crippen molar-refractivity contribution in [3.63, 3.8) is 0 Å². The first-order valence-corrected chi connectivity index (χ1v) is 6.23. The lowest BCUT2D eigenvalue weighted by Crippen LogP contribution is -2.09. The van der Waals surface area contributed by atoms with Crippen LogP contribution in [-0.2, 0) is 4.79 Å². The molecule has 0 atom stereocenters. The number of aryl methyl sites for hydroxylation is 2. The lowest BCUT2D eigenvalue weighted by molar-refractivity contribution is -0.116. The largest absolute Gasteiger partial charge is 0.361 e. The van der Waals surface area contributed by atoms with Crippen LogP contribution in [0.3, 0.4) is 0 Å². The van der Waals surface area contributed by atoms with Crippen LogP contribution >= 0.6 is 0 Å². The Labute approximate surface area is 103 Å². The first-order chi connectivity index (χ1) is 8.16. The van der Waals surface area contributed by atoms with Crippen molar-refractivity contribution in [3.8, 4) is 0 Å². The lowest BCUT2D eigenvalue weighted by Gasteiger charge is -2.13.